The van der Waals surface area contributed by atoms with E-state index in [1.807, 2.05) is 6.92 Å². The van der Waals surface area contributed by atoms with Crippen LogP contribution in [0.15, 0.2) is 42.0 Å². The molecule has 2 aromatic rings. The average molecular weight is 448 g/mol. The standard InChI is InChI=1S/C26H29N3O4/c1-15-11-22-20(16(2)14-26(3,4)28(22)5)12-17(15)13-21-23(30)27-25(32)29(24(21)31)18-7-9-19(33-6)10-8-18/h7-13,16H,14H2,1-6H3,(H,27,30,32)/b21-13+. The Balaban J connectivity index is 1.75. The average Bonchev–Trinajstić information content (AvgIpc) is 2.75. The van der Waals surface area contributed by atoms with Gasteiger partial charge in [0.25, 0.3) is 11.8 Å². The number of amides is 4. The second kappa shape index (κ2) is 8.06. The SMILES string of the molecule is COc1ccc(N2C(=O)NC(=O)/C(=C\c3cc4c(cc3C)N(C)C(C)(C)CC4C)C2=O)cc1. The number of imide groups is 2. The van der Waals surface area contributed by atoms with E-state index in [-0.39, 0.29) is 11.1 Å². The number of benzene rings is 2. The molecule has 172 valence electrons. The lowest BCUT2D eigenvalue weighted by Crippen LogP contribution is -2.54. The van der Waals surface area contributed by atoms with E-state index in [1.165, 1.54) is 12.7 Å². The highest BCUT2D eigenvalue weighted by Gasteiger charge is 2.38. The second-order valence-corrected chi connectivity index (χ2v) is 9.40. The van der Waals surface area contributed by atoms with Crippen LogP contribution in [0.25, 0.3) is 6.08 Å². The smallest absolute Gasteiger partial charge is 0.335 e. The molecule has 4 amide bonds. The van der Waals surface area contributed by atoms with Gasteiger partial charge in [-0.05, 0) is 92.3 Å². The van der Waals surface area contributed by atoms with Gasteiger partial charge in [-0.3, -0.25) is 14.9 Å². The third-order valence-electron chi connectivity index (χ3n) is 6.75. The molecule has 0 radical (unpaired) electrons. The molecule has 0 saturated carbocycles. The lowest BCUT2D eigenvalue weighted by Gasteiger charge is -2.45. The van der Waals surface area contributed by atoms with E-state index in [2.05, 4.69) is 50.2 Å². The molecule has 0 aliphatic carbocycles. The van der Waals surface area contributed by atoms with Gasteiger partial charge in [-0.15, -0.1) is 0 Å². The Labute approximate surface area is 194 Å². The molecule has 1 saturated heterocycles. The monoisotopic (exact) mass is 447 g/mol. The lowest BCUT2D eigenvalue weighted by molar-refractivity contribution is -0.122. The largest absolute Gasteiger partial charge is 0.497 e. The van der Waals surface area contributed by atoms with Crippen LogP contribution in [0.2, 0.25) is 0 Å². The van der Waals surface area contributed by atoms with Crippen LogP contribution in [-0.2, 0) is 9.59 Å². The van der Waals surface area contributed by atoms with E-state index in [0.29, 0.717) is 17.4 Å². The first-order valence-electron chi connectivity index (χ1n) is 11.0. The van der Waals surface area contributed by atoms with Gasteiger partial charge in [-0.2, -0.15) is 0 Å². The minimum Gasteiger partial charge on any atom is -0.497 e. The number of barbiturate groups is 1. The molecule has 1 atom stereocenters. The number of rotatable bonds is 3. The van der Waals surface area contributed by atoms with Crippen molar-refractivity contribution in [3.8, 4) is 5.75 Å². The summed E-state index contributed by atoms with van der Waals surface area (Å²) < 4.78 is 5.14. The van der Waals surface area contributed by atoms with Gasteiger partial charge in [0.15, 0.2) is 0 Å². The zero-order valence-corrected chi connectivity index (χ0v) is 19.9. The van der Waals surface area contributed by atoms with Gasteiger partial charge in [0.2, 0.25) is 0 Å². The maximum absolute atomic E-state index is 13.2. The van der Waals surface area contributed by atoms with Crippen molar-refractivity contribution in [3.63, 3.8) is 0 Å². The predicted octanol–water partition coefficient (Wildman–Crippen LogP) is 4.39. The number of carbonyl (C=O) groups is 3. The highest BCUT2D eigenvalue weighted by molar-refractivity contribution is 6.39. The molecular weight excluding hydrogens is 418 g/mol. The summed E-state index contributed by atoms with van der Waals surface area (Å²) in [7, 11) is 3.63. The molecule has 0 aromatic heterocycles. The minimum absolute atomic E-state index is 0.0390. The number of hydrogen-bond acceptors (Lipinski definition) is 5. The van der Waals surface area contributed by atoms with Crippen molar-refractivity contribution < 1.29 is 19.1 Å². The Morgan fingerprint density at radius 1 is 1.12 bits per heavy atom. The summed E-state index contributed by atoms with van der Waals surface area (Å²) in [6.45, 7) is 8.62. The van der Waals surface area contributed by atoms with Gasteiger partial charge < -0.3 is 9.64 Å². The molecular formula is C26H29N3O4. The summed E-state index contributed by atoms with van der Waals surface area (Å²) in [6.07, 6.45) is 2.58. The first-order valence-corrected chi connectivity index (χ1v) is 11.0. The van der Waals surface area contributed by atoms with E-state index in [0.717, 1.165) is 28.1 Å². The zero-order chi connectivity index (χ0) is 24.1. The number of carbonyl (C=O) groups excluding carboxylic acids is 3. The molecule has 2 aliphatic heterocycles. The number of fused-ring (bicyclic) bond motifs is 1. The first kappa shape index (κ1) is 22.6. The maximum atomic E-state index is 13.2. The van der Waals surface area contributed by atoms with Gasteiger partial charge in [0.1, 0.15) is 11.3 Å². The number of aryl methyl sites for hydroxylation is 1. The number of anilines is 2. The molecule has 0 bridgehead atoms. The van der Waals surface area contributed by atoms with E-state index in [1.54, 1.807) is 30.3 Å². The molecule has 33 heavy (non-hydrogen) atoms. The van der Waals surface area contributed by atoms with Gasteiger partial charge in [0.05, 0.1) is 12.8 Å². The van der Waals surface area contributed by atoms with Crippen LogP contribution in [0.5, 0.6) is 5.75 Å². The van der Waals surface area contributed by atoms with Gasteiger partial charge in [-0.1, -0.05) is 6.92 Å². The Hall–Kier alpha value is -3.61. The fourth-order valence-corrected chi connectivity index (χ4v) is 4.67. The molecule has 1 unspecified atom stereocenters. The number of ether oxygens (including phenoxy) is 1. The van der Waals surface area contributed by atoms with Gasteiger partial charge in [0, 0.05) is 18.3 Å². The third kappa shape index (κ3) is 3.88. The molecule has 7 heteroatoms. The Bertz CT molecular complexity index is 1180. The van der Waals surface area contributed by atoms with Crippen LogP contribution in [0.3, 0.4) is 0 Å². The van der Waals surface area contributed by atoms with E-state index < -0.39 is 17.8 Å². The molecule has 1 fully saturated rings. The lowest BCUT2D eigenvalue weighted by atomic mass is 9.79. The molecule has 2 heterocycles. The number of nitrogens with one attached hydrogen (secondary N) is 1. The topological polar surface area (TPSA) is 79.0 Å². The van der Waals surface area contributed by atoms with Crippen LogP contribution >= 0.6 is 0 Å². The summed E-state index contributed by atoms with van der Waals surface area (Å²) in [4.78, 5) is 41.6. The van der Waals surface area contributed by atoms with Crippen molar-refractivity contribution in [2.24, 2.45) is 0 Å². The van der Waals surface area contributed by atoms with Crippen molar-refractivity contribution in [1.29, 1.82) is 0 Å². The van der Waals surface area contributed by atoms with Crippen molar-refractivity contribution >= 4 is 35.3 Å². The van der Waals surface area contributed by atoms with Crippen molar-refractivity contribution in [1.82, 2.24) is 5.32 Å². The molecule has 2 aromatic carbocycles. The highest BCUT2D eigenvalue weighted by atomic mass is 16.5. The van der Waals surface area contributed by atoms with Crippen molar-refractivity contribution in [2.75, 3.05) is 24.0 Å². The van der Waals surface area contributed by atoms with Crippen LogP contribution in [-0.4, -0.2) is 37.5 Å². The maximum Gasteiger partial charge on any atom is 0.335 e. The van der Waals surface area contributed by atoms with Crippen molar-refractivity contribution in [2.45, 2.75) is 45.6 Å². The number of hydrogen-bond donors (Lipinski definition) is 1. The summed E-state index contributed by atoms with van der Waals surface area (Å²) in [5.74, 6) is -0.421. The number of methoxy groups -OCH3 is 1. The van der Waals surface area contributed by atoms with Gasteiger partial charge >= 0.3 is 6.03 Å². The third-order valence-corrected chi connectivity index (χ3v) is 6.75. The molecule has 1 N–H and O–H groups in total. The van der Waals surface area contributed by atoms with Gasteiger partial charge in [-0.25, -0.2) is 9.69 Å². The first-order chi connectivity index (χ1) is 15.5. The zero-order valence-electron chi connectivity index (χ0n) is 19.9. The fourth-order valence-electron chi connectivity index (χ4n) is 4.67. The van der Waals surface area contributed by atoms with Crippen LogP contribution in [0.4, 0.5) is 16.2 Å². The quantitative estimate of drug-likeness (QED) is 0.558. The summed E-state index contributed by atoms with van der Waals surface area (Å²) in [5.41, 5.74) is 4.40. The minimum atomic E-state index is -0.771. The van der Waals surface area contributed by atoms with E-state index in [4.69, 9.17) is 4.74 Å². The predicted molar refractivity (Wildman–Crippen MR) is 129 cm³/mol. The van der Waals surface area contributed by atoms with Crippen molar-refractivity contribution in [3.05, 3.63) is 58.7 Å². The Morgan fingerprint density at radius 2 is 1.79 bits per heavy atom. The summed E-state index contributed by atoms with van der Waals surface area (Å²) >= 11 is 0. The van der Waals surface area contributed by atoms with Crippen LogP contribution in [0, 0.1) is 6.92 Å². The Kier molecular flexibility index (Phi) is 5.52. The molecule has 2 aliphatic rings. The van der Waals surface area contributed by atoms with E-state index >= 15 is 0 Å². The van der Waals surface area contributed by atoms with Crippen LogP contribution in [0.1, 0.15) is 49.8 Å². The fraction of sp³-hybridized carbons (Fsp3) is 0.346. The second-order valence-electron chi connectivity index (χ2n) is 9.40. The molecule has 4 rings (SSSR count). The Morgan fingerprint density at radius 3 is 2.42 bits per heavy atom. The van der Waals surface area contributed by atoms with Crippen LogP contribution < -0.4 is 19.9 Å². The molecule has 0 spiro atoms. The summed E-state index contributed by atoms with van der Waals surface area (Å²) in [5, 5.41) is 2.29. The number of nitrogens with zero attached hydrogens (tertiary/aromatic N) is 2. The van der Waals surface area contributed by atoms with E-state index in [9.17, 15) is 14.4 Å². The highest BCUT2D eigenvalue weighted by Crippen LogP contribution is 2.43. The normalized spacial score (nSPS) is 21.2. The summed E-state index contributed by atoms with van der Waals surface area (Å²) in [6, 6.07) is 9.91. The number of urea groups is 1. The molecule has 7 nitrogen and oxygen atoms in total.